The van der Waals surface area contributed by atoms with Gasteiger partial charge in [-0.05, 0) is 49.6 Å². The molecule has 1 aromatic carbocycles. The van der Waals surface area contributed by atoms with E-state index in [0.717, 1.165) is 18.4 Å². The van der Waals surface area contributed by atoms with E-state index in [0.29, 0.717) is 28.8 Å². The maximum absolute atomic E-state index is 12.5. The number of aryl methyl sites for hydroxylation is 1. The van der Waals surface area contributed by atoms with E-state index in [1.807, 2.05) is 13.0 Å². The summed E-state index contributed by atoms with van der Waals surface area (Å²) in [5.74, 6) is -0.0213. The largest absolute Gasteiger partial charge is 0.325 e. The van der Waals surface area contributed by atoms with Crippen LogP contribution in [-0.4, -0.2) is 42.5 Å². The minimum Gasteiger partial charge on any atom is -0.325 e. The summed E-state index contributed by atoms with van der Waals surface area (Å²) in [6.45, 7) is 3.01. The molecule has 0 bridgehead atoms. The lowest BCUT2D eigenvalue weighted by Crippen LogP contribution is -2.27. The second-order valence-electron chi connectivity index (χ2n) is 6.24. The number of carbonyl (C=O) groups is 1. The Morgan fingerprint density at radius 2 is 2.00 bits per heavy atom. The summed E-state index contributed by atoms with van der Waals surface area (Å²) in [4.78, 5) is 16.4. The molecular weight excluding hydrogens is 406 g/mol. The fraction of sp³-hybridized carbons (Fsp3) is 0.333. The lowest BCUT2D eigenvalue weighted by Gasteiger charge is -2.15. The fourth-order valence-electron chi connectivity index (χ4n) is 2.69. The Morgan fingerprint density at radius 3 is 2.63 bits per heavy atom. The van der Waals surface area contributed by atoms with Crippen molar-refractivity contribution in [3.63, 3.8) is 0 Å². The van der Waals surface area contributed by atoms with Gasteiger partial charge in [-0.15, -0.1) is 0 Å². The molecule has 0 aliphatic carbocycles. The number of hydrogen-bond donors (Lipinski definition) is 1. The minimum atomic E-state index is -3.47. The molecule has 1 saturated heterocycles. The number of pyridine rings is 1. The smallest absolute Gasteiger partial charge is 0.244 e. The van der Waals surface area contributed by atoms with Gasteiger partial charge in [0, 0.05) is 30.0 Å². The second kappa shape index (κ2) is 8.60. The van der Waals surface area contributed by atoms with Crippen molar-refractivity contribution in [2.45, 2.75) is 29.7 Å². The maximum atomic E-state index is 12.5. The van der Waals surface area contributed by atoms with Gasteiger partial charge in [-0.2, -0.15) is 4.31 Å². The third-order valence-corrected chi connectivity index (χ3v) is 7.45. The van der Waals surface area contributed by atoms with Crippen LogP contribution >= 0.6 is 23.4 Å². The van der Waals surface area contributed by atoms with Crippen LogP contribution in [0.25, 0.3) is 0 Å². The van der Waals surface area contributed by atoms with Crippen LogP contribution in [0.1, 0.15) is 18.4 Å². The predicted octanol–water partition coefficient (Wildman–Crippen LogP) is 3.56. The third-order valence-electron chi connectivity index (χ3n) is 4.22. The molecule has 1 N–H and O–H groups in total. The van der Waals surface area contributed by atoms with Crippen molar-refractivity contribution >= 4 is 45.0 Å². The molecule has 0 unspecified atom stereocenters. The molecule has 9 heteroatoms. The number of halogens is 1. The van der Waals surface area contributed by atoms with Gasteiger partial charge in [-0.25, -0.2) is 13.4 Å². The monoisotopic (exact) mass is 425 g/mol. The minimum absolute atomic E-state index is 0.163. The number of carbonyl (C=O) groups excluding carboxylic acids is 1. The molecule has 27 heavy (non-hydrogen) atoms. The molecular formula is C18H20ClN3O3S2. The molecule has 2 aromatic rings. The number of nitrogens with zero attached hydrogens (tertiary/aromatic N) is 2. The summed E-state index contributed by atoms with van der Waals surface area (Å²) in [6.07, 6.45) is 3.14. The highest BCUT2D eigenvalue weighted by atomic mass is 35.5. The maximum Gasteiger partial charge on any atom is 0.244 e. The Labute approximate surface area is 168 Å². The van der Waals surface area contributed by atoms with Crippen LogP contribution in [0.3, 0.4) is 0 Å². The summed E-state index contributed by atoms with van der Waals surface area (Å²) in [7, 11) is -3.47. The van der Waals surface area contributed by atoms with Crippen molar-refractivity contribution in [2.24, 2.45) is 0 Å². The zero-order chi connectivity index (χ0) is 19.4. The number of anilines is 1. The molecule has 0 spiro atoms. The molecule has 3 rings (SSSR count). The number of sulfonamides is 1. The van der Waals surface area contributed by atoms with Gasteiger partial charge < -0.3 is 5.32 Å². The normalized spacial score (nSPS) is 15.0. The van der Waals surface area contributed by atoms with E-state index in [1.54, 1.807) is 24.3 Å². The number of amides is 1. The van der Waals surface area contributed by atoms with E-state index >= 15 is 0 Å². The summed E-state index contributed by atoms with van der Waals surface area (Å²) in [6, 6.07) is 8.51. The summed E-state index contributed by atoms with van der Waals surface area (Å²) < 4.78 is 26.4. The molecule has 1 aliphatic rings. The molecule has 1 aliphatic heterocycles. The van der Waals surface area contributed by atoms with Crippen LogP contribution in [0.5, 0.6) is 0 Å². The van der Waals surface area contributed by atoms with Gasteiger partial charge in [0.1, 0.15) is 4.90 Å². The average Bonchev–Trinajstić information content (AvgIpc) is 3.19. The molecule has 144 valence electrons. The van der Waals surface area contributed by atoms with Crippen LogP contribution in [0.4, 0.5) is 5.69 Å². The van der Waals surface area contributed by atoms with Gasteiger partial charge in [-0.3, -0.25) is 4.79 Å². The van der Waals surface area contributed by atoms with E-state index in [4.69, 9.17) is 11.6 Å². The first kappa shape index (κ1) is 20.1. The fourth-order valence-corrected chi connectivity index (χ4v) is 4.98. The Balaban J connectivity index is 1.56. The average molecular weight is 426 g/mol. The first-order chi connectivity index (χ1) is 12.9. The van der Waals surface area contributed by atoms with Crippen molar-refractivity contribution in [1.82, 2.24) is 9.29 Å². The molecule has 1 amide bonds. The molecule has 1 aromatic heterocycles. The van der Waals surface area contributed by atoms with Gasteiger partial charge >= 0.3 is 0 Å². The molecule has 0 saturated carbocycles. The van der Waals surface area contributed by atoms with Crippen molar-refractivity contribution in [3.8, 4) is 0 Å². The van der Waals surface area contributed by atoms with Crippen LogP contribution in [0.2, 0.25) is 5.02 Å². The first-order valence-corrected chi connectivity index (χ1v) is 11.3. The third kappa shape index (κ3) is 5.01. The van der Waals surface area contributed by atoms with E-state index in [2.05, 4.69) is 10.3 Å². The highest BCUT2D eigenvalue weighted by Gasteiger charge is 2.27. The Hall–Kier alpha value is -1.61. The molecule has 0 atom stereocenters. The lowest BCUT2D eigenvalue weighted by atomic mass is 10.2. The zero-order valence-electron chi connectivity index (χ0n) is 14.8. The Kier molecular flexibility index (Phi) is 6.41. The van der Waals surface area contributed by atoms with E-state index in [-0.39, 0.29) is 16.6 Å². The van der Waals surface area contributed by atoms with E-state index in [9.17, 15) is 13.2 Å². The number of aromatic nitrogens is 1. The van der Waals surface area contributed by atoms with Crippen LogP contribution in [0.15, 0.2) is 46.5 Å². The molecule has 1 fully saturated rings. The van der Waals surface area contributed by atoms with Crippen molar-refractivity contribution in [1.29, 1.82) is 0 Å². The standard InChI is InChI=1S/C18H20ClN3O3S2/c1-13-4-5-14(10-16(13)19)21-17(23)12-26-18-7-6-15(11-20-18)27(24,25)22-8-2-3-9-22/h4-7,10-11H,2-3,8-9,12H2,1H3,(H,21,23). The summed E-state index contributed by atoms with van der Waals surface area (Å²) >= 11 is 7.29. The van der Waals surface area contributed by atoms with Crippen molar-refractivity contribution in [2.75, 3.05) is 24.2 Å². The van der Waals surface area contributed by atoms with Crippen molar-refractivity contribution in [3.05, 3.63) is 47.1 Å². The Morgan fingerprint density at radius 1 is 1.26 bits per heavy atom. The highest BCUT2D eigenvalue weighted by molar-refractivity contribution is 7.99. The van der Waals surface area contributed by atoms with Crippen LogP contribution < -0.4 is 5.32 Å². The predicted molar refractivity (Wildman–Crippen MR) is 108 cm³/mol. The van der Waals surface area contributed by atoms with Gasteiger partial charge in [0.25, 0.3) is 0 Å². The number of nitrogens with one attached hydrogen (secondary N) is 1. The molecule has 2 heterocycles. The number of rotatable bonds is 6. The van der Waals surface area contributed by atoms with E-state index in [1.165, 1.54) is 22.3 Å². The number of hydrogen-bond acceptors (Lipinski definition) is 5. The summed E-state index contributed by atoms with van der Waals surface area (Å²) in [5, 5.41) is 3.96. The number of thioether (sulfide) groups is 1. The van der Waals surface area contributed by atoms with Crippen LogP contribution in [-0.2, 0) is 14.8 Å². The van der Waals surface area contributed by atoms with Gasteiger partial charge in [0.2, 0.25) is 15.9 Å². The van der Waals surface area contributed by atoms with Gasteiger partial charge in [0.05, 0.1) is 10.8 Å². The lowest BCUT2D eigenvalue weighted by molar-refractivity contribution is -0.113. The van der Waals surface area contributed by atoms with Gasteiger partial charge in [0.15, 0.2) is 0 Å². The van der Waals surface area contributed by atoms with Crippen molar-refractivity contribution < 1.29 is 13.2 Å². The highest BCUT2D eigenvalue weighted by Crippen LogP contribution is 2.23. The topological polar surface area (TPSA) is 79.4 Å². The number of benzene rings is 1. The second-order valence-corrected chi connectivity index (χ2v) is 9.58. The zero-order valence-corrected chi connectivity index (χ0v) is 17.2. The first-order valence-electron chi connectivity index (χ1n) is 8.51. The SMILES string of the molecule is Cc1ccc(NC(=O)CSc2ccc(S(=O)(=O)N3CCCC3)cn2)cc1Cl. The summed E-state index contributed by atoms with van der Waals surface area (Å²) in [5.41, 5.74) is 1.58. The quantitative estimate of drug-likeness (QED) is 0.716. The van der Waals surface area contributed by atoms with Crippen LogP contribution in [0, 0.1) is 6.92 Å². The molecule has 0 radical (unpaired) electrons. The van der Waals surface area contributed by atoms with Gasteiger partial charge in [-0.1, -0.05) is 29.4 Å². The molecule has 6 nitrogen and oxygen atoms in total. The Bertz CT molecular complexity index is 927. The van der Waals surface area contributed by atoms with E-state index < -0.39 is 10.0 Å².